The van der Waals surface area contributed by atoms with Crippen LogP contribution >= 0.6 is 0 Å². The number of likely N-dealkylation sites (N-methyl/N-ethyl adjacent to an activating group) is 1. The van der Waals surface area contributed by atoms with Crippen LogP contribution in [0.2, 0.25) is 0 Å². The van der Waals surface area contributed by atoms with Gasteiger partial charge in [-0.25, -0.2) is 0 Å². The summed E-state index contributed by atoms with van der Waals surface area (Å²) >= 11 is 0. The lowest BCUT2D eigenvalue weighted by molar-refractivity contribution is 0.0561. The third-order valence-electron chi connectivity index (χ3n) is 4.10. The molecular weight excluding hydrogens is 264 g/mol. The Bertz CT molecular complexity index is 478. The van der Waals surface area contributed by atoms with Crippen LogP contribution in [-0.4, -0.2) is 42.4 Å². The number of benzene rings is 1. The van der Waals surface area contributed by atoms with Crippen LogP contribution in [0.3, 0.4) is 0 Å². The van der Waals surface area contributed by atoms with E-state index >= 15 is 0 Å². The van der Waals surface area contributed by atoms with Crippen LogP contribution < -0.4 is 4.74 Å². The molecule has 1 aliphatic carbocycles. The Labute approximate surface area is 127 Å². The van der Waals surface area contributed by atoms with Gasteiger partial charge in [0.05, 0.1) is 11.6 Å². The van der Waals surface area contributed by atoms with E-state index in [-0.39, 0.29) is 6.61 Å². The summed E-state index contributed by atoms with van der Waals surface area (Å²) in [5.74, 6) is 0.633. The maximum absolute atomic E-state index is 10.1. The molecule has 0 aromatic heterocycles. The topological polar surface area (TPSA) is 56.5 Å². The van der Waals surface area contributed by atoms with Gasteiger partial charge in [0.2, 0.25) is 0 Å². The molecule has 1 saturated carbocycles. The molecule has 21 heavy (non-hydrogen) atoms. The quantitative estimate of drug-likeness (QED) is 0.874. The molecule has 1 N–H and O–H groups in total. The highest BCUT2D eigenvalue weighted by atomic mass is 16.5. The van der Waals surface area contributed by atoms with Crippen molar-refractivity contribution in [3.8, 4) is 11.8 Å². The number of hydrogen-bond acceptors (Lipinski definition) is 4. The first kappa shape index (κ1) is 15.8. The minimum absolute atomic E-state index is 0.256. The molecule has 0 bridgehead atoms. The third-order valence-corrected chi connectivity index (χ3v) is 4.10. The monoisotopic (exact) mass is 288 g/mol. The maximum Gasteiger partial charge on any atom is 0.120 e. The molecule has 114 valence electrons. The normalized spacial score (nSPS) is 17.4. The Morgan fingerprint density at radius 3 is 2.86 bits per heavy atom. The standard InChI is InChI=1S/C17H24N2O2/c1-19(15-7-3-2-4-8-15)12-16(20)13-21-17-9-5-6-14(10-17)11-18/h5-6,9-10,15-16,20H,2-4,7-8,12-13H2,1H3. The van der Waals surface area contributed by atoms with Gasteiger partial charge < -0.3 is 14.7 Å². The number of nitriles is 1. The number of hydrogen-bond donors (Lipinski definition) is 1. The van der Waals surface area contributed by atoms with E-state index in [0.29, 0.717) is 23.9 Å². The summed E-state index contributed by atoms with van der Waals surface area (Å²) in [7, 11) is 2.08. The zero-order valence-electron chi connectivity index (χ0n) is 12.7. The average molecular weight is 288 g/mol. The van der Waals surface area contributed by atoms with E-state index in [1.807, 2.05) is 0 Å². The van der Waals surface area contributed by atoms with E-state index in [2.05, 4.69) is 18.0 Å². The fraction of sp³-hybridized carbons (Fsp3) is 0.588. The molecule has 1 aliphatic rings. The van der Waals surface area contributed by atoms with Crippen LogP contribution in [0.15, 0.2) is 24.3 Å². The molecule has 0 heterocycles. The molecule has 0 aliphatic heterocycles. The summed E-state index contributed by atoms with van der Waals surface area (Å²) in [6, 6.07) is 9.69. The van der Waals surface area contributed by atoms with Gasteiger partial charge in [-0.1, -0.05) is 25.3 Å². The van der Waals surface area contributed by atoms with Gasteiger partial charge in [-0.3, -0.25) is 0 Å². The van der Waals surface area contributed by atoms with Gasteiger partial charge in [-0.15, -0.1) is 0 Å². The number of ether oxygens (including phenoxy) is 1. The number of aliphatic hydroxyl groups is 1. The van der Waals surface area contributed by atoms with E-state index in [1.54, 1.807) is 24.3 Å². The third kappa shape index (κ3) is 5.04. The molecule has 0 spiro atoms. The van der Waals surface area contributed by atoms with Crippen LogP contribution in [0.25, 0.3) is 0 Å². The Balaban J connectivity index is 1.76. The highest BCUT2D eigenvalue weighted by molar-refractivity contribution is 5.36. The zero-order chi connectivity index (χ0) is 15.1. The predicted octanol–water partition coefficient (Wildman–Crippen LogP) is 2.56. The van der Waals surface area contributed by atoms with Gasteiger partial charge in [0.15, 0.2) is 0 Å². The second-order valence-corrected chi connectivity index (χ2v) is 5.84. The Hall–Kier alpha value is -1.57. The minimum Gasteiger partial charge on any atom is -0.491 e. The molecular formula is C17H24N2O2. The van der Waals surface area contributed by atoms with E-state index < -0.39 is 6.10 Å². The molecule has 0 radical (unpaired) electrons. The van der Waals surface area contributed by atoms with Crippen LogP contribution in [-0.2, 0) is 0 Å². The van der Waals surface area contributed by atoms with Crippen molar-refractivity contribution >= 4 is 0 Å². The van der Waals surface area contributed by atoms with E-state index in [4.69, 9.17) is 10.00 Å². The summed E-state index contributed by atoms with van der Waals surface area (Å²) in [4.78, 5) is 2.25. The molecule has 1 aromatic rings. The fourth-order valence-corrected chi connectivity index (χ4v) is 2.90. The lowest BCUT2D eigenvalue weighted by Gasteiger charge is -2.32. The molecule has 4 heteroatoms. The average Bonchev–Trinajstić information content (AvgIpc) is 2.54. The summed E-state index contributed by atoms with van der Waals surface area (Å²) in [5, 5.41) is 18.9. The molecule has 0 amide bonds. The molecule has 0 saturated heterocycles. The van der Waals surface area contributed by atoms with Crippen LogP contribution in [0, 0.1) is 11.3 Å². The van der Waals surface area contributed by atoms with Crippen molar-refractivity contribution in [2.45, 2.75) is 44.2 Å². The molecule has 4 nitrogen and oxygen atoms in total. The van der Waals surface area contributed by atoms with E-state index in [1.165, 1.54) is 32.1 Å². The van der Waals surface area contributed by atoms with Crippen molar-refractivity contribution in [3.05, 3.63) is 29.8 Å². The number of rotatable bonds is 6. The van der Waals surface area contributed by atoms with Crippen molar-refractivity contribution in [1.82, 2.24) is 4.90 Å². The lowest BCUT2D eigenvalue weighted by atomic mass is 9.94. The first-order chi connectivity index (χ1) is 10.2. The highest BCUT2D eigenvalue weighted by Gasteiger charge is 2.20. The lowest BCUT2D eigenvalue weighted by Crippen LogP contribution is -2.40. The largest absolute Gasteiger partial charge is 0.491 e. The van der Waals surface area contributed by atoms with Gasteiger partial charge in [-0.05, 0) is 38.1 Å². The van der Waals surface area contributed by atoms with Gasteiger partial charge in [-0.2, -0.15) is 5.26 Å². The SMILES string of the molecule is CN(CC(O)COc1cccc(C#N)c1)C1CCCCC1. The maximum atomic E-state index is 10.1. The Kier molecular flexibility index (Phi) is 6.04. The highest BCUT2D eigenvalue weighted by Crippen LogP contribution is 2.21. The van der Waals surface area contributed by atoms with Crippen molar-refractivity contribution < 1.29 is 9.84 Å². The van der Waals surface area contributed by atoms with Crippen molar-refractivity contribution in [2.75, 3.05) is 20.2 Å². The molecule has 1 unspecified atom stereocenters. The van der Waals surface area contributed by atoms with Crippen molar-refractivity contribution in [3.63, 3.8) is 0 Å². The van der Waals surface area contributed by atoms with Gasteiger partial charge in [0, 0.05) is 12.6 Å². The first-order valence-corrected chi connectivity index (χ1v) is 7.70. The molecule has 2 rings (SSSR count). The summed E-state index contributed by atoms with van der Waals surface area (Å²) in [6.07, 6.45) is 5.88. The van der Waals surface area contributed by atoms with Gasteiger partial charge in [0.25, 0.3) is 0 Å². The van der Waals surface area contributed by atoms with Gasteiger partial charge in [0.1, 0.15) is 18.5 Å². The number of nitrogens with zero attached hydrogens (tertiary/aromatic N) is 2. The van der Waals surface area contributed by atoms with Gasteiger partial charge >= 0.3 is 0 Å². The summed E-state index contributed by atoms with van der Waals surface area (Å²) in [5.41, 5.74) is 0.571. The second-order valence-electron chi connectivity index (χ2n) is 5.84. The fourth-order valence-electron chi connectivity index (χ4n) is 2.90. The van der Waals surface area contributed by atoms with Crippen molar-refractivity contribution in [2.24, 2.45) is 0 Å². The molecule has 1 fully saturated rings. The molecule has 1 aromatic carbocycles. The summed E-state index contributed by atoms with van der Waals surface area (Å²) in [6.45, 7) is 0.883. The Morgan fingerprint density at radius 2 is 2.14 bits per heavy atom. The van der Waals surface area contributed by atoms with Crippen LogP contribution in [0.1, 0.15) is 37.7 Å². The summed E-state index contributed by atoms with van der Waals surface area (Å²) < 4.78 is 5.57. The van der Waals surface area contributed by atoms with Crippen LogP contribution in [0.4, 0.5) is 0 Å². The minimum atomic E-state index is -0.511. The van der Waals surface area contributed by atoms with E-state index in [9.17, 15) is 5.11 Å². The van der Waals surface area contributed by atoms with Crippen molar-refractivity contribution in [1.29, 1.82) is 5.26 Å². The number of aliphatic hydroxyl groups excluding tert-OH is 1. The first-order valence-electron chi connectivity index (χ1n) is 7.70. The van der Waals surface area contributed by atoms with E-state index in [0.717, 1.165) is 0 Å². The second kappa shape index (κ2) is 8.02. The smallest absolute Gasteiger partial charge is 0.120 e. The molecule has 1 atom stereocenters. The van der Waals surface area contributed by atoms with Crippen LogP contribution in [0.5, 0.6) is 5.75 Å². The zero-order valence-corrected chi connectivity index (χ0v) is 12.7. The Morgan fingerprint density at radius 1 is 1.38 bits per heavy atom. The predicted molar refractivity (Wildman–Crippen MR) is 82.2 cm³/mol.